The topological polar surface area (TPSA) is 51.5 Å². The molecule has 1 amide bonds. The Labute approximate surface area is 144 Å². The number of carbonyl (C=O) groups is 1. The Morgan fingerprint density at radius 2 is 2.12 bits per heavy atom. The summed E-state index contributed by atoms with van der Waals surface area (Å²) in [5.74, 6) is 2.42. The molecule has 6 heteroatoms. The summed E-state index contributed by atoms with van der Waals surface area (Å²) in [6.07, 6.45) is 4.08. The van der Waals surface area contributed by atoms with Gasteiger partial charge in [-0.05, 0) is 36.6 Å². The highest BCUT2D eigenvalue weighted by Crippen LogP contribution is 2.47. The molecule has 1 heterocycles. The summed E-state index contributed by atoms with van der Waals surface area (Å²) in [6, 6.07) is 10.1. The maximum absolute atomic E-state index is 12.4. The van der Waals surface area contributed by atoms with E-state index in [2.05, 4.69) is 17.0 Å². The third-order valence-corrected chi connectivity index (χ3v) is 4.16. The van der Waals surface area contributed by atoms with Crippen molar-refractivity contribution in [1.29, 1.82) is 0 Å². The highest BCUT2D eigenvalue weighted by molar-refractivity contribution is 5.91. The number of rotatable bonds is 7. The molecule has 1 aromatic heterocycles. The molecule has 2 atom stereocenters. The molecular formula is C19H19F2NO3. The quantitative estimate of drug-likeness (QED) is 0.758. The van der Waals surface area contributed by atoms with Crippen LogP contribution in [0.4, 0.5) is 8.78 Å². The van der Waals surface area contributed by atoms with Crippen molar-refractivity contribution in [1.82, 2.24) is 5.32 Å². The molecule has 0 aliphatic heterocycles. The average molecular weight is 347 g/mol. The lowest BCUT2D eigenvalue weighted by Gasteiger charge is -2.10. The van der Waals surface area contributed by atoms with Gasteiger partial charge in [0.15, 0.2) is 0 Å². The van der Waals surface area contributed by atoms with E-state index in [1.54, 1.807) is 24.3 Å². The fourth-order valence-electron chi connectivity index (χ4n) is 2.64. The predicted octanol–water partition coefficient (Wildman–Crippen LogP) is 4.33. The Morgan fingerprint density at radius 3 is 2.84 bits per heavy atom. The van der Waals surface area contributed by atoms with Crippen molar-refractivity contribution in [2.24, 2.45) is 5.92 Å². The Balaban J connectivity index is 1.53. The van der Waals surface area contributed by atoms with Gasteiger partial charge in [0.2, 0.25) is 5.91 Å². The largest absolute Gasteiger partial charge is 0.461 e. The van der Waals surface area contributed by atoms with Crippen LogP contribution in [0.3, 0.4) is 0 Å². The first kappa shape index (κ1) is 17.2. The number of nitrogens with one attached hydrogen (secondary N) is 1. The number of benzene rings is 1. The number of halogens is 2. The van der Waals surface area contributed by atoms with Gasteiger partial charge in [-0.2, -0.15) is 8.78 Å². The SMILES string of the molecule is C[C@H]1C[C@H]1c1ccc(/C=C/C(=O)NCc2ccccc2OC(F)F)o1. The van der Waals surface area contributed by atoms with E-state index in [0.717, 1.165) is 12.2 Å². The molecule has 3 rings (SSSR count). The van der Waals surface area contributed by atoms with Crippen LogP contribution in [0, 0.1) is 5.92 Å². The first-order valence-corrected chi connectivity index (χ1v) is 8.11. The second-order valence-electron chi connectivity index (χ2n) is 6.10. The summed E-state index contributed by atoms with van der Waals surface area (Å²) < 4.78 is 34.8. The molecule has 1 aliphatic rings. The average Bonchev–Trinajstić information content (AvgIpc) is 3.12. The number of alkyl halides is 2. The van der Waals surface area contributed by atoms with Gasteiger partial charge >= 0.3 is 6.61 Å². The molecule has 0 bridgehead atoms. The fraction of sp³-hybridized carbons (Fsp3) is 0.316. The molecular weight excluding hydrogens is 328 g/mol. The van der Waals surface area contributed by atoms with Gasteiger partial charge in [0.05, 0.1) is 0 Å². The van der Waals surface area contributed by atoms with E-state index in [4.69, 9.17) is 4.42 Å². The molecule has 2 aromatic rings. The van der Waals surface area contributed by atoms with Gasteiger partial charge < -0.3 is 14.5 Å². The fourth-order valence-corrected chi connectivity index (χ4v) is 2.64. The van der Waals surface area contributed by atoms with E-state index in [9.17, 15) is 13.6 Å². The molecule has 1 fully saturated rings. The van der Waals surface area contributed by atoms with Crippen molar-refractivity contribution in [3.8, 4) is 5.75 Å². The molecule has 0 saturated heterocycles. The van der Waals surface area contributed by atoms with Crippen LogP contribution in [0.15, 0.2) is 46.9 Å². The highest BCUT2D eigenvalue weighted by Gasteiger charge is 2.36. The van der Waals surface area contributed by atoms with E-state index in [1.807, 2.05) is 12.1 Å². The van der Waals surface area contributed by atoms with Crippen LogP contribution in [0.5, 0.6) is 5.75 Å². The zero-order valence-corrected chi connectivity index (χ0v) is 13.7. The molecule has 0 unspecified atom stereocenters. The van der Waals surface area contributed by atoms with Crippen LogP contribution in [0.2, 0.25) is 0 Å². The Hall–Kier alpha value is -2.63. The summed E-state index contributed by atoms with van der Waals surface area (Å²) in [5, 5.41) is 2.64. The second-order valence-corrected chi connectivity index (χ2v) is 6.10. The number of amides is 1. The third-order valence-electron chi connectivity index (χ3n) is 4.16. The van der Waals surface area contributed by atoms with Gasteiger partial charge in [-0.3, -0.25) is 4.79 Å². The van der Waals surface area contributed by atoms with Crippen LogP contribution in [-0.4, -0.2) is 12.5 Å². The van der Waals surface area contributed by atoms with Gasteiger partial charge in [0.1, 0.15) is 17.3 Å². The minimum atomic E-state index is -2.90. The third kappa shape index (κ3) is 4.68. The first-order chi connectivity index (χ1) is 12.0. The Bertz CT molecular complexity index is 770. The van der Waals surface area contributed by atoms with E-state index < -0.39 is 6.61 Å². The number of carbonyl (C=O) groups excluding carboxylic acids is 1. The molecule has 25 heavy (non-hydrogen) atoms. The summed E-state index contributed by atoms with van der Waals surface area (Å²) in [6.45, 7) is -0.639. The minimum Gasteiger partial charge on any atom is -0.461 e. The monoisotopic (exact) mass is 347 g/mol. The standard InChI is InChI=1S/C19H19F2NO3/c1-12-10-15(12)17-8-6-14(24-17)7-9-18(23)22-11-13-4-2-3-5-16(13)25-19(20)21/h2-9,12,15,19H,10-11H2,1H3,(H,22,23)/b9-7+/t12-,15+/m0/s1. The van der Waals surface area contributed by atoms with Crippen LogP contribution in [-0.2, 0) is 11.3 Å². The summed E-state index contributed by atoms with van der Waals surface area (Å²) in [7, 11) is 0. The number of hydrogen-bond acceptors (Lipinski definition) is 3. The van der Waals surface area contributed by atoms with E-state index in [-0.39, 0.29) is 18.2 Å². The Morgan fingerprint density at radius 1 is 1.36 bits per heavy atom. The second kappa shape index (κ2) is 7.51. The van der Waals surface area contributed by atoms with Gasteiger partial charge in [0, 0.05) is 24.1 Å². The van der Waals surface area contributed by atoms with E-state index in [0.29, 0.717) is 23.2 Å². The van der Waals surface area contributed by atoms with Crippen molar-refractivity contribution in [3.63, 3.8) is 0 Å². The number of ether oxygens (including phenoxy) is 1. The lowest BCUT2D eigenvalue weighted by atomic mass is 10.2. The van der Waals surface area contributed by atoms with Crippen molar-refractivity contribution in [2.75, 3.05) is 0 Å². The van der Waals surface area contributed by atoms with Crippen molar-refractivity contribution >= 4 is 12.0 Å². The van der Waals surface area contributed by atoms with Gasteiger partial charge in [-0.1, -0.05) is 25.1 Å². The zero-order chi connectivity index (χ0) is 17.8. The molecule has 1 aromatic carbocycles. The first-order valence-electron chi connectivity index (χ1n) is 8.11. The molecule has 1 saturated carbocycles. The smallest absolute Gasteiger partial charge is 0.387 e. The maximum atomic E-state index is 12.4. The molecule has 0 spiro atoms. The molecule has 4 nitrogen and oxygen atoms in total. The zero-order valence-electron chi connectivity index (χ0n) is 13.7. The van der Waals surface area contributed by atoms with Crippen LogP contribution in [0.25, 0.3) is 6.08 Å². The molecule has 1 aliphatic carbocycles. The summed E-state index contributed by atoms with van der Waals surface area (Å²) in [5.41, 5.74) is 0.479. The summed E-state index contributed by atoms with van der Waals surface area (Å²) >= 11 is 0. The lowest BCUT2D eigenvalue weighted by Crippen LogP contribution is -2.21. The number of para-hydroxylation sites is 1. The van der Waals surface area contributed by atoms with Crippen molar-refractivity contribution in [2.45, 2.75) is 32.4 Å². The molecule has 1 N–H and O–H groups in total. The normalized spacial score (nSPS) is 19.4. The van der Waals surface area contributed by atoms with E-state index in [1.165, 1.54) is 12.1 Å². The van der Waals surface area contributed by atoms with Crippen LogP contribution < -0.4 is 10.1 Å². The summed E-state index contributed by atoms with van der Waals surface area (Å²) in [4.78, 5) is 11.9. The Kier molecular flexibility index (Phi) is 5.16. The molecule has 132 valence electrons. The lowest BCUT2D eigenvalue weighted by molar-refractivity contribution is -0.116. The predicted molar refractivity (Wildman–Crippen MR) is 89.2 cm³/mol. The van der Waals surface area contributed by atoms with Gasteiger partial charge in [-0.15, -0.1) is 0 Å². The van der Waals surface area contributed by atoms with Gasteiger partial charge in [-0.25, -0.2) is 0 Å². The van der Waals surface area contributed by atoms with Gasteiger partial charge in [0.25, 0.3) is 0 Å². The van der Waals surface area contributed by atoms with Crippen molar-refractivity contribution in [3.05, 3.63) is 59.6 Å². The van der Waals surface area contributed by atoms with Crippen LogP contribution >= 0.6 is 0 Å². The minimum absolute atomic E-state index is 0.0519. The number of furan rings is 1. The van der Waals surface area contributed by atoms with Crippen LogP contribution in [0.1, 0.15) is 36.3 Å². The van der Waals surface area contributed by atoms with E-state index >= 15 is 0 Å². The number of hydrogen-bond donors (Lipinski definition) is 1. The highest BCUT2D eigenvalue weighted by atomic mass is 19.3. The maximum Gasteiger partial charge on any atom is 0.387 e. The molecule has 0 radical (unpaired) electrons. The van der Waals surface area contributed by atoms with Crippen molar-refractivity contribution < 1.29 is 22.7 Å².